The number of amides is 2. The minimum atomic E-state index is -4.01. The van der Waals surface area contributed by atoms with Crippen LogP contribution in [0.25, 0.3) is 0 Å². The van der Waals surface area contributed by atoms with Crippen LogP contribution in [-0.2, 0) is 26.3 Å². The Morgan fingerprint density at radius 1 is 0.972 bits per heavy atom. The summed E-state index contributed by atoms with van der Waals surface area (Å²) in [6, 6.07) is 12.5. The number of para-hydroxylation sites is 1. The monoisotopic (exact) mass is 556 g/mol. The summed E-state index contributed by atoms with van der Waals surface area (Å²) in [4.78, 5) is 28.3. The van der Waals surface area contributed by atoms with Crippen LogP contribution >= 0.6 is 23.2 Å². The van der Waals surface area contributed by atoms with Crippen LogP contribution in [-0.4, -0.2) is 62.7 Å². The predicted octanol–water partition coefficient (Wildman–Crippen LogP) is 4.33. The number of rotatable bonds is 13. The highest BCUT2D eigenvalue weighted by atomic mass is 35.5. The summed E-state index contributed by atoms with van der Waals surface area (Å²) in [5.41, 5.74) is 0.812. The molecule has 0 aliphatic carbocycles. The first-order valence-electron chi connectivity index (χ1n) is 11.8. The van der Waals surface area contributed by atoms with Crippen LogP contribution in [0.4, 0.5) is 5.69 Å². The van der Waals surface area contributed by atoms with Gasteiger partial charge in [0.05, 0.1) is 5.69 Å². The lowest BCUT2D eigenvalue weighted by molar-refractivity contribution is -0.140. The molecule has 0 radical (unpaired) electrons. The molecule has 1 atom stereocenters. The maximum atomic E-state index is 13.8. The Morgan fingerprint density at radius 3 is 2.11 bits per heavy atom. The second kappa shape index (κ2) is 13.8. The second-order valence-electron chi connectivity index (χ2n) is 8.42. The number of halogens is 2. The number of nitrogens with one attached hydrogen (secondary N) is 1. The highest BCUT2D eigenvalue weighted by Crippen LogP contribution is 2.28. The van der Waals surface area contributed by atoms with Crippen LogP contribution in [0.5, 0.6) is 0 Å². The Bertz CT molecular complexity index is 1110. The molecule has 36 heavy (non-hydrogen) atoms. The molecule has 0 unspecified atom stereocenters. The van der Waals surface area contributed by atoms with Crippen molar-refractivity contribution in [3.05, 3.63) is 64.1 Å². The van der Waals surface area contributed by atoms with E-state index in [1.54, 1.807) is 55.5 Å². The van der Waals surface area contributed by atoms with Crippen LogP contribution < -0.4 is 9.62 Å². The van der Waals surface area contributed by atoms with Gasteiger partial charge in [0.15, 0.2) is 0 Å². The minimum Gasteiger partial charge on any atom is -0.354 e. The van der Waals surface area contributed by atoms with Crippen molar-refractivity contribution < 1.29 is 18.0 Å². The van der Waals surface area contributed by atoms with E-state index < -0.39 is 28.7 Å². The Hall–Kier alpha value is -2.33. The summed E-state index contributed by atoms with van der Waals surface area (Å²) in [6.07, 6.45) is 2.02. The first kappa shape index (κ1) is 29.9. The highest BCUT2D eigenvalue weighted by molar-refractivity contribution is 7.90. The maximum absolute atomic E-state index is 13.8. The molecule has 2 aromatic rings. The number of anilines is 1. The van der Waals surface area contributed by atoms with Gasteiger partial charge in [-0.3, -0.25) is 9.59 Å². The number of carbonyl (C=O) groups is 2. The summed E-state index contributed by atoms with van der Waals surface area (Å²) in [5.74, 6) is -0.873. The van der Waals surface area contributed by atoms with Crippen molar-refractivity contribution in [1.29, 1.82) is 0 Å². The summed E-state index contributed by atoms with van der Waals surface area (Å²) < 4.78 is 28.4. The van der Waals surface area contributed by atoms with Crippen molar-refractivity contribution in [3.8, 4) is 0 Å². The molecule has 2 amide bonds. The van der Waals surface area contributed by atoms with Crippen molar-refractivity contribution in [2.24, 2.45) is 0 Å². The van der Waals surface area contributed by atoms with Gasteiger partial charge in [-0.1, -0.05) is 67.7 Å². The van der Waals surface area contributed by atoms with Crippen LogP contribution in [0.2, 0.25) is 10.0 Å². The fraction of sp³-hybridized carbons (Fsp3) is 0.440. The molecule has 0 aromatic heterocycles. The molecular formula is C25H34Cl2N4O4S. The fourth-order valence-electron chi connectivity index (χ4n) is 3.59. The molecular weight excluding hydrogens is 523 g/mol. The first-order valence-corrected chi connectivity index (χ1v) is 13.9. The molecule has 198 valence electrons. The highest BCUT2D eigenvalue weighted by Gasteiger charge is 2.34. The zero-order valence-corrected chi connectivity index (χ0v) is 23.4. The van der Waals surface area contributed by atoms with Crippen LogP contribution in [0.3, 0.4) is 0 Å². The lowest BCUT2D eigenvalue weighted by Gasteiger charge is -2.34. The van der Waals surface area contributed by atoms with Crippen molar-refractivity contribution in [2.45, 2.75) is 45.7 Å². The van der Waals surface area contributed by atoms with Crippen LogP contribution in [0.15, 0.2) is 48.5 Å². The molecule has 8 nitrogen and oxygen atoms in total. The Kier molecular flexibility index (Phi) is 11.5. The molecule has 0 spiro atoms. The molecule has 0 aliphatic rings. The summed E-state index contributed by atoms with van der Waals surface area (Å²) >= 11 is 12.8. The van der Waals surface area contributed by atoms with E-state index in [1.165, 1.54) is 19.0 Å². The summed E-state index contributed by atoms with van der Waals surface area (Å²) in [5, 5.41) is 3.58. The quantitative estimate of drug-likeness (QED) is 0.372. The standard InChI is InChI=1S/C25H34Cl2N4O4S/c1-5-7-16-28-25(33)23(6-2)30(17-20-21(26)14-11-15-22(20)27)24(32)18-31(36(34,35)29(3)4)19-12-9-8-10-13-19/h8-15,23H,5-7,16-18H2,1-4H3,(H,28,33)/t23-/m0/s1. The molecule has 0 bridgehead atoms. The van der Waals surface area contributed by atoms with Gasteiger partial charge in [0.1, 0.15) is 12.6 Å². The third kappa shape index (κ3) is 7.59. The third-order valence-electron chi connectivity index (χ3n) is 5.67. The van der Waals surface area contributed by atoms with Gasteiger partial charge in [0, 0.05) is 42.8 Å². The summed E-state index contributed by atoms with van der Waals surface area (Å²) in [7, 11) is -1.22. The predicted molar refractivity (Wildman–Crippen MR) is 145 cm³/mol. The van der Waals surface area contributed by atoms with E-state index in [1.807, 2.05) is 6.92 Å². The van der Waals surface area contributed by atoms with Gasteiger partial charge < -0.3 is 10.2 Å². The minimum absolute atomic E-state index is 0.0539. The largest absolute Gasteiger partial charge is 0.354 e. The molecule has 2 rings (SSSR count). The Balaban J connectivity index is 2.50. The maximum Gasteiger partial charge on any atom is 0.304 e. The average molecular weight is 558 g/mol. The van der Waals surface area contributed by atoms with E-state index in [0.29, 0.717) is 34.3 Å². The zero-order chi connectivity index (χ0) is 26.9. The van der Waals surface area contributed by atoms with Gasteiger partial charge in [-0.05, 0) is 37.1 Å². The molecule has 0 aliphatic heterocycles. The number of carbonyl (C=O) groups excluding carboxylic acids is 2. The number of hydrogen-bond donors (Lipinski definition) is 1. The van der Waals surface area contributed by atoms with E-state index in [9.17, 15) is 18.0 Å². The number of hydrogen-bond acceptors (Lipinski definition) is 4. The zero-order valence-electron chi connectivity index (χ0n) is 21.1. The van der Waals surface area contributed by atoms with Gasteiger partial charge in [0.25, 0.3) is 0 Å². The van der Waals surface area contributed by atoms with E-state index in [4.69, 9.17) is 23.2 Å². The smallest absolute Gasteiger partial charge is 0.304 e. The van der Waals surface area contributed by atoms with Crippen molar-refractivity contribution in [2.75, 3.05) is 31.5 Å². The van der Waals surface area contributed by atoms with Crippen molar-refractivity contribution >= 4 is 50.9 Å². The summed E-state index contributed by atoms with van der Waals surface area (Å²) in [6.45, 7) is 3.73. The van der Waals surface area contributed by atoms with Crippen LogP contribution in [0, 0.1) is 0 Å². The van der Waals surface area contributed by atoms with Crippen molar-refractivity contribution in [1.82, 2.24) is 14.5 Å². The van der Waals surface area contributed by atoms with E-state index in [0.717, 1.165) is 21.5 Å². The van der Waals surface area contributed by atoms with E-state index >= 15 is 0 Å². The van der Waals surface area contributed by atoms with Gasteiger partial charge >= 0.3 is 10.2 Å². The molecule has 11 heteroatoms. The number of unbranched alkanes of at least 4 members (excludes halogenated alkanes) is 1. The molecule has 2 aromatic carbocycles. The first-order chi connectivity index (χ1) is 17.0. The lowest BCUT2D eigenvalue weighted by Crippen LogP contribution is -2.53. The third-order valence-corrected chi connectivity index (χ3v) is 8.20. The van der Waals surface area contributed by atoms with E-state index in [-0.39, 0.29) is 12.5 Å². The van der Waals surface area contributed by atoms with Gasteiger partial charge in [-0.2, -0.15) is 12.7 Å². The fourth-order valence-corrected chi connectivity index (χ4v) is 5.16. The second-order valence-corrected chi connectivity index (χ2v) is 11.3. The van der Waals surface area contributed by atoms with Crippen molar-refractivity contribution in [3.63, 3.8) is 0 Å². The van der Waals surface area contributed by atoms with Crippen LogP contribution in [0.1, 0.15) is 38.7 Å². The average Bonchev–Trinajstić information content (AvgIpc) is 2.84. The normalized spacial score (nSPS) is 12.3. The lowest BCUT2D eigenvalue weighted by atomic mass is 10.1. The van der Waals surface area contributed by atoms with Gasteiger partial charge in [-0.15, -0.1) is 0 Å². The SMILES string of the molecule is CCCCNC(=O)[C@H](CC)N(Cc1c(Cl)cccc1Cl)C(=O)CN(c1ccccc1)S(=O)(=O)N(C)C. The molecule has 0 saturated carbocycles. The molecule has 0 fully saturated rings. The van der Waals surface area contributed by atoms with Gasteiger partial charge in [-0.25, -0.2) is 4.31 Å². The molecule has 0 heterocycles. The Morgan fingerprint density at radius 2 is 1.58 bits per heavy atom. The molecule has 0 saturated heterocycles. The Labute approximate surface area is 224 Å². The van der Waals surface area contributed by atoms with Gasteiger partial charge in [0.2, 0.25) is 11.8 Å². The number of nitrogens with zero attached hydrogens (tertiary/aromatic N) is 3. The number of benzene rings is 2. The topological polar surface area (TPSA) is 90.0 Å². The molecule has 1 N–H and O–H groups in total. The van der Waals surface area contributed by atoms with E-state index in [2.05, 4.69) is 5.32 Å².